The first-order valence-electron chi connectivity index (χ1n) is 4.82. The van der Waals surface area contributed by atoms with Crippen molar-refractivity contribution in [2.24, 2.45) is 0 Å². The molecule has 0 N–H and O–H groups in total. The number of benzene rings is 1. The van der Waals surface area contributed by atoms with Crippen molar-refractivity contribution in [3.05, 3.63) is 52.1 Å². The van der Waals surface area contributed by atoms with Gasteiger partial charge in [0.2, 0.25) is 0 Å². The number of hydrogen-bond acceptors (Lipinski definition) is 4. The van der Waals surface area contributed by atoms with Crippen LogP contribution in [0.2, 0.25) is 0 Å². The van der Waals surface area contributed by atoms with Gasteiger partial charge in [0.1, 0.15) is 11.5 Å². The van der Waals surface area contributed by atoms with Gasteiger partial charge in [-0.3, -0.25) is 14.7 Å². The molecular weight excluding hydrogens is 220 g/mol. The van der Waals surface area contributed by atoms with Crippen LogP contribution in [0.4, 0.5) is 5.69 Å². The molecule has 0 aliphatic heterocycles. The summed E-state index contributed by atoms with van der Waals surface area (Å²) in [5.41, 5.74) is 0.562. The zero-order chi connectivity index (χ0) is 12.4. The van der Waals surface area contributed by atoms with Gasteiger partial charge in [0.15, 0.2) is 0 Å². The number of nitro groups is 1. The van der Waals surface area contributed by atoms with E-state index in [4.69, 9.17) is 5.26 Å². The molecule has 6 nitrogen and oxygen atoms in total. The van der Waals surface area contributed by atoms with E-state index in [2.05, 4.69) is 4.98 Å². The summed E-state index contributed by atoms with van der Waals surface area (Å²) >= 11 is 0. The molecule has 0 atom stereocenters. The van der Waals surface area contributed by atoms with E-state index >= 15 is 0 Å². The molecule has 84 valence electrons. The summed E-state index contributed by atoms with van der Waals surface area (Å²) in [4.78, 5) is 14.5. The lowest BCUT2D eigenvalue weighted by Gasteiger charge is -2.05. The van der Waals surface area contributed by atoms with Gasteiger partial charge in [-0.05, 0) is 19.1 Å². The summed E-state index contributed by atoms with van der Waals surface area (Å²) < 4.78 is 1.61. The average molecular weight is 228 g/mol. The highest BCUT2D eigenvalue weighted by Crippen LogP contribution is 2.24. The van der Waals surface area contributed by atoms with E-state index in [0.717, 1.165) is 0 Å². The van der Waals surface area contributed by atoms with Gasteiger partial charge in [0, 0.05) is 18.5 Å². The van der Waals surface area contributed by atoms with Gasteiger partial charge in [0.05, 0.1) is 16.6 Å². The zero-order valence-corrected chi connectivity index (χ0v) is 8.99. The maximum atomic E-state index is 11.0. The van der Waals surface area contributed by atoms with E-state index in [1.165, 1.54) is 6.07 Å². The van der Waals surface area contributed by atoms with Crippen LogP contribution in [0.3, 0.4) is 0 Å². The Bertz CT molecular complexity index is 625. The van der Waals surface area contributed by atoms with Crippen molar-refractivity contribution >= 4 is 5.69 Å². The summed E-state index contributed by atoms with van der Waals surface area (Å²) in [6.07, 6.45) is 3.21. The Morgan fingerprint density at radius 3 is 2.82 bits per heavy atom. The van der Waals surface area contributed by atoms with Crippen molar-refractivity contribution in [1.82, 2.24) is 9.55 Å². The van der Waals surface area contributed by atoms with Crippen LogP contribution in [0.15, 0.2) is 30.6 Å². The van der Waals surface area contributed by atoms with E-state index < -0.39 is 4.92 Å². The van der Waals surface area contributed by atoms with E-state index in [-0.39, 0.29) is 11.3 Å². The fourth-order valence-corrected chi connectivity index (χ4v) is 1.58. The van der Waals surface area contributed by atoms with Crippen molar-refractivity contribution in [1.29, 1.82) is 5.26 Å². The number of nitro benzene ring substituents is 1. The first kappa shape index (κ1) is 10.8. The maximum absolute atomic E-state index is 11.0. The summed E-state index contributed by atoms with van der Waals surface area (Å²) in [7, 11) is 0. The van der Waals surface area contributed by atoms with Crippen LogP contribution in [-0.4, -0.2) is 14.5 Å². The van der Waals surface area contributed by atoms with Crippen LogP contribution < -0.4 is 0 Å². The smallest absolute Gasteiger partial charge is 0.294 e. The lowest BCUT2D eigenvalue weighted by Crippen LogP contribution is -2.01. The molecule has 1 heterocycles. The second kappa shape index (κ2) is 4.06. The van der Waals surface area contributed by atoms with Gasteiger partial charge in [-0.25, -0.2) is 4.98 Å². The number of aryl methyl sites for hydroxylation is 1. The van der Waals surface area contributed by atoms with Crippen molar-refractivity contribution < 1.29 is 4.92 Å². The Hall–Kier alpha value is -2.68. The van der Waals surface area contributed by atoms with Crippen LogP contribution >= 0.6 is 0 Å². The second-order valence-electron chi connectivity index (χ2n) is 3.42. The predicted molar refractivity (Wildman–Crippen MR) is 59.7 cm³/mol. The Balaban J connectivity index is 2.67. The molecule has 1 aromatic carbocycles. The number of rotatable bonds is 2. The van der Waals surface area contributed by atoms with E-state index in [1.54, 1.807) is 36.0 Å². The molecular formula is C11H8N4O2. The van der Waals surface area contributed by atoms with E-state index in [9.17, 15) is 10.1 Å². The van der Waals surface area contributed by atoms with Crippen LogP contribution in [0.25, 0.3) is 5.69 Å². The van der Waals surface area contributed by atoms with E-state index in [0.29, 0.717) is 11.5 Å². The van der Waals surface area contributed by atoms with Gasteiger partial charge >= 0.3 is 0 Å². The molecule has 2 aromatic rings. The summed E-state index contributed by atoms with van der Waals surface area (Å²) in [5, 5.41) is 19.7. The second-order valence-corrected chi connectivity index (χ2v) is 3.42. The average Bonchev–Trinajstić information content (AvgIpc) is 2.74. The molecule has 0 bridgehead atoms. The molecule has 0 spiro atoms. The Morgan fingerprint density at radius 2 is 2.29 bits per heavy atom. The molecule has 0 unspecified atom stereocenters. The topological polar surface area (TPSA) is 84.8 Å². The minimum atomic E-state index is -0.504. The summed E-state index contributed by atoms with van der Waals surface area (Å²) in [6, 6.07) is 6.23. The van der Waals surface area contributed by atoms with Gasteiger partial charge in [0.25, 0.3) is 5.69 Å². The first-order chi connectivity index (χ1) is 8.13. The van der Waals surface area contributed by atoms with Crippen LogP contribution in [0, 0.1) is 28.4 Å². The van der Waals surface area contributed by atoms with Gasteiger partial charge < -0.3 is 0 Å². The van der Waals surface area contributed by atoms with E-state index in [1.807, 2.05) is 6.07 Å². The van der Waals surface area contributed by atoms with Crippen LogP contribution in [0.5, 0.6) is 0 Å². The third-order valence-electron chi connectivity index (χ3n) is 2.39. The fourth-order valence-electron chi connectivity index (χ4n) is 1.58. The number of imidazole rings is 1. The molecule has 0 saturated heterocycles. The molecule has 6 heteroatoms. The normalized spacial score (nSPS) is 9.88. The highest BCUT2D eigenvalue weighted by atomic mass is 16.6. The van der Waals surface area contributed by atoms with Gasteiger partial charge in [-0.1, -0.05) is 0 Å². The minimum absolute atomic E-state index is 0.106. The monoisotopic (exact) mass is 228 g/mol. The molecule has 1 aromatic heterocycles. The zero-order valence-electron chi connectivity index (χ0n) is 8.99. The summed E-state index contributed by atoms with van der Waals surface area (Å²) in [6.45, 7) is 1.75. The SMILES string of the molecule is Cc1nccn1-c1ccc(C#N)cc1[N+](=O)[O-]. The highest BCUT2D eigenvalue weighted by Gasteiger charge is 2.17. The maximum Gasteiger partial charge on any atom is 0.294 e. The third kappa shape index (κ3) is 1.86. The van der Waals surface area contributed by atoms with Crippen LogP contribution in [0.1, 0.15) is 11.4 Å². The first-order valence-corrected chi connectivity index (χ1v) is 4.82. The highest BCUT2D eigenvalue weighted by molar-refractivity contribution is 5.56. The van der Waals surface area contributed by atoms with Gasteiger partial charge in [-0.2, -0.15) is 5.26 Å². The fraction of sp³-hybridized carbons (Fsp3) is 0.0909. The lowest BCUT2D eigenvalue weighted by molar-refractivity contribution is -0.384. The molecule has 0 saturated carbocycles. The largest absolute Gasteiger partial charge is 0.298 e. The molecule has 2 rings (SSSR count). The number of nitriles is 1. The lowest BCUT2D eigenvalue weighted by atomic mass is 10.2. The predicted octanol–water partition coefficient (Wildman–Crippen LogP) is 1.96. The Labute approximate surface area is 96.9 Å². The van der Waals surface area contributed by atoms with Crippen molar-refractivity contribution in [3.8, 4) is 11.8 Å². The quantitative estimate of drug-likeness (QED) is 0.580. The van der Waals surface area contributed by atoms with Crippen molar-refractivity contribution in [2.45, 2.75) is 6.92 Å². The molecule has 0 fully saturated rings. The third-order valence-corrected chi connectivity index (χ3v) is 2.39. The molecule has 0 radical (unpaired) electrons. The standard InChI is InChI=1S/C11H8N4O2/c1-8-13-4-5-14(8)10-3-2-9(7-12)6-11(10)15(16)17/h2-6H,1H3. The van der Waals surface area contributed by atoms with Crippen LogP contribution in [-0.2, 0) is 0 Å². The molecule has 0 aliphatic carbocycles. The number of hydrogen-bond donors (Lipinski definition) is 0. The Kier molecular flexibility index (Phi) is 2.58. The van der Waals surface area contributed by atoms with Gasteiger partial charge in [-0.15, -0.1) is 0 Å². The number of nitrogens with zero attached hydrogens (tertiary/aromatic N) is 4. The van der Waals surface area contributed by atoms with Crippen molar-refractivity contribution in [3.63, 3.8) is 0 Å². The summed E-state index contributed by atoms with van der Waals surface area (Å²) in [5.74, 6) is 0.651. The van der Waals surface area contributed by atoms with Crippen molar-refractivity contribution in [2.75, 3.05) is 0 Å². The molecule has 0 aliphatic rings. The molecule has 17 heavy (non-hydrogen) atoms. The minimum Gasteiger partial charge on any atom is -0.298 e. The Morgan fingerprint density at radius 1 is 1.53 bits per heavy atom. The molecule has 0 amide bonds. The number of aromatic nitrogens is 2.